The predicted molar refractivity (Wildman–Crippen MR) is 76.8 cm³/mol. The third-order valence-electron chi connectivity index (χ3n) is 3.68. The Balaban J connectivity index is 2.62. The molecule has 0 bridgehead atoms. The highest BCUT2D eigenvalue weighted by Gasteiger charge is 2.32. The minimum Gasteiger partial charge on any atom is -0.393 e. The molecule has 19 heavy (non-hydrogen) atoms. The van der Waals surface area contributed by atoms with E-state index in [9.17, 15) is 9.90 Å². The van der Waals surface area contributed by atoms with Crippen LogP contribution in [0.4, 0.5) is 4.79 Å². The fraction of sp³-hybridized carbons (Fsp3) is 0.929. The summed E-state index contributed by atoms with van der Waals surface area (Å²) < 4.78 is 0. The zero-order valence-corrected chi connectivity index (χ0v) is 12.6. The van der Waals surface area contributed by atoms with Gasteiger partial charge < -0.3 is 21.1 Å². The molecule has 0 radical (unpaired) electrons. The van der Waals surface area contributed by atoms with E-state index in [1.54, 1.807) is 4.90 Å². The van der Waals surface area contributed by atoms with Crippen molar-refractivity contribution in [1.29, 1.82) is 0 Å². The lowest BCUT2D eigenvalue weighted by Crippen LogP contribution is -2.55. The van der Waals surface area contributed by atoms with Crippen LogP contribution in [0, 0.1) is 11.3 Å². The molecule has 3 atom stereocenters. The minimum atomic E-state index is -0.393. The summed E-state index contributed by atoms with van der Waals surface area (Å²) >= 11 is 0. The Morgan fingerprint density at radius 1 is 1.47 bits per heavy atom. The van der Waals surface area contributed by atoms with E-state index in [1.165, 1.54) is 0 Å². The summed E-state index contributed by atoms with van der Waals surface area (Å²) in [6, 6.07) is -0.178. The molecule has 1 saturated heterocycles. The molecule has 5 heteroatoms. The second kappa shape index (κ2) is 6.57. The van der Waals surface area contributed by atoms with Gasteiger partial charge in [-0.1, -0.05) is 27.7 Å². The number of urea groups is 1. The number of hydrogen-bond donors (Lipinski definition) is 3. The summed E-state index contributed by atoms with van der Waals surface area (Å²) in [5.74, 6) is 0.115. The van der Waals surface area contributed by atoms with Crippen molar-refractivity contribution in [3.05, 3.63) is 0 Å². The van der Waals surface area contributed by atoms with E-state index in [4.69, 9.17) is 5.73 Å². The third kappa shape index (κ3) is 5.37. The Morgan fingerprint density at radius 2 is 2.11 bits per heavy atom. The average Bonchev–Trinajstić information content (AvgIpc) is 2.34. The van der Waals surface area contributed by atoms with Crippen LogP contribution in [-0.2, 0) is 0 Å². The van der Waals surface area contributed by atoms with E-state index >= 15 is 0 Å². The number of aliphatic hydroxyl groups excluding tert-OH is 1. The average molecular weight is 271 g/mol. The normalized spacial score (nSPS) is 26.3. The lowest BCUT2D eigenvalue weighted by atomic mass is 9.87. The van der Waals surface area contributed by atoms with Crippen molar-refractivity contribution in [2.24, 2.45) is 17.1 Å². The smallest absolute Gasteiger partial charge is 0.314 e. The topological polar surface area (TPSA) is 78.6 Å². The number of hydrogen-bond acceptors (Lipinski definition) is 3. The fourth-order valence-corrected chi connectivity index (χ4v) is 2.53. The third-order valence-corrected chi connectivity index (χ3v) is 3.68. The quantitative estimate of drug-likeness (QED) is 0.718. The molecule has 0 spiro atoms. The Labute approximate surface area is 116 Å². The number of likely N-dealkylation sites (tertiary alicyclic amines) is 1. The monoisotopic (exact) mass is 271 g/mol. The van der Waals surface area contributed by atoms with Gasteiger partial charge in [0.1, 0.15) is 0 Å². The van der Waals surface area contributed by atoms with Crippen LogP contribution in [0.3, 0.4) is 0 Å². The second-order valence-corrected chi connectivity index (χ2v) is 6.85. The molecule has 1 fully saturated rings. The van der Waals surface area contributed by atoms with Gasteiger partial charge in [0.2, 0.25) is 0 Å². The maximum Gasteiger partial charge on any atom is 0.314 e. The highest BCUT2D eigenvalue weighted by Crippen LogP contribution is 2.22. The number of aliphatic hydroxyl groups is 1. The number of nitrogens with zero attached hydrogens (tertiary/aromatic N) is 1. The first-order valence-electron chi connectivity index (χ1n) is 7.18. The molecule has 3 unspecified atom stereocenters. The largest absolute Gasteiger partial charge is 0.393 e. The van der Waals surface area contributed by atoms with Crippen molar-refractivity contribution in [3.8, 4) is 0 Å². The van der Waals surface area contributed by atoms with Crippen LogP contribution in [0.15, 0.2) is 0 Å². The summed E-state index contributed by atoms with van der Waals surface area (Å²) in [5, 5.41) is 13.5. The molecule has 5 nitrogen and oxygen atoms in total. The van der Waals surface area contributed by atoms with Gasteiger partial charge in [-0.15, -0.1) is 0 Å². The summed E-state index contributed by atoms with van der Waals surface area (Å²) in [6.45, 7) is 10.6. The van der Waals surface area contributed by atoms with Gasteiger partial charge in [0.15, 0.2) is 0 Å². The van der Waals surface area contributed by atoms with Crippen molar-refractivity contribution in [1.82, 2.24) is 10.2 Å². The molecule has 0 aromatic carbocycles. The summed E-state index contributed by atoms with van der Waals surface area (Å²) in [4.78, 5) is 13.0. The zero-order valence-electron chi connectivity index (χ0n) is 12.6. The first kappa shape index (κ1) is 16.2. The summed E-state index contributed by atoms with van der Waals surface area (Å²) in [5.41, 5.74) is 5.60. The number of primary amides is 1. The van der Waals surface area contributed by atoms with Gasteiger partial charge in [0, 0.05) is 31.6 Å². The molecule has 2 amide bonds. The number of carbonyl (C=O) groups is 1. The van der Waals surface area contributed by atoms with Crippen LogP contribution in [0.5, 0.6) is 0 Å². The molecule has 1 rings (SSSR count). The van der Waals surface area contributed by atoms with Crippen LogP contribution in [0.25, 0.3) is 0 Å². The van der Waals surface area contributed by atoms with E-state index in [0.29, 0.717) is 19.5 Å². The SMILES string of the molecule is CCC(O)C1CC(NCC(C)(C)C)CN(C(N)=O)C1. The van der Waals surface area contributed by atoms with E-state index in [-0.39, 0.29) is 23.5 Å². The number of nitrogens with one attached hydrogen (secondary N) is 1. The number of nitrogens with two attached hydrogens (primary N) is 1. The fourth-order valence-electron chi connectivity index (χ4n) is 2.53. The molecule has 0 saturated carbocycles. The van der Waals surface area contributed by atoms with Gasteiger partial charge in [-0.3, -0.25) is 0 Å². The summed E-state index contributed by atoms with van der Waals surface area (Å²) in [7, 11) is 0. The molecule has 112 valence electrons. The van der Waals surface area contributed by atoms with Crippen molar-refractivity contribution in [2.75, 3.05) is 19.6 Å². The molecule has 1 heterocycles. The van der Waals surface area contributed by atoms with Gasteiger partial charge >= 0.3 is 6.03 Å². The molecule has 0 aliphatic carbocycles. The van der Waals surface area contributed by atoms with Gasteiger partial charge in [0.05, 0.1) is 6.10 Å². The molecule has 0 aromatic heterocycles. The van der Waals surface area contributed by atoms with E-state index in [2.05, 4.69) is 26.1 Å². The lowest BCUT2D eigenvalue weighted by Gasteiger charge is -2.40. The van der Waals surface area contributed by atoms with E-state index in [0.717, 1.165) is 13.0 Å². The van der Waals surface area contributed by atoms with Crippen LogP contribution in [0.2, 0.25) is 0 Å². The molecule has 0 aromatic rings. The Bertz CT molecular complexity index is 302. The Hall–Kier alpha value is -0.810. The lowest BCUT2D eigenvalue weighted by molar-refractivity contribution is 0.0474. The van der Waals surface area contributed by atoms with Gasteiger partial charge in [0.25, 0.3) is 0 Å². The molecule has 1 aliphatic heterocycles. The minimum absolute atomic E-state index is 0.115. The number of piperidine rings is 1. The van der Waals surface area contributed by atoms with Crippen LogP contribution in [-0.4, -0.2) is 47.8 Å². The Kier molecular flexibility index (Phi) is 5.62. The van der Waals surface area contributed by atoms with Crippen molar-refractivity contribution < 1.29 is 9.90 Å². The molecular formula is C14H29N3O2. The van der Waals surface area contributed by atoms with Gasteiger partial charge in [-0.25, -0.2) is 4.79 Å². The first-order chi connectivity index (χ1) is 8.73. The predicted octanol–water partition coefficient (Wildman–Crippen LogP) is 1.16. The molecule has 4 N–H and O–H groups in total. The van der Waals surface area contributed by atoms with Crippen LogP contribution in [0.1, 0.15) is 40.5 Å². The van der Waals surface area contributed by atoms with Crippen LogP contribution < -0.4 is 11.1 Å². The first-order valence-corrected chi connectivity index (χ1v) is 7.18. The van der Waals surface area contributed by atoms with Gasteiger partial charge in [-0.05, 0) is 18.3 Å². The highest BCUT2D eigenvalue weighted by atomic mass is 16.3. The summed E-state index contributed by atoms with van der Waals surface area (Å²) in [6.07, 6.45) is 1.25. The number of carbonyl (C=O) groups excluding carboxylic acids is 1. The maximum atomic E-state index is 11.4. The van der Waals surface area contributed by atoms with Crippen LogP contribution >= 0.6 is 0 Å². The van der Waals surface area contributed by atoms with Crippen molar-refractivity contribution in [2.45, 2.75) is 52.7 Å². The van der Waals surface area contributed by atoms with Gasteiger partial charge in [-0.2, -0.15) is 0 Å². The highest BCUT2D eigenvalue weighted by molar-refractivity contribution is 5.72. The Morgan fingerprint density at radius 3 is 2.58 bits per heavy atom. The molecule has 1 aliphatic rings. The molecular weight excluding hydrogens is 242 g/mol. The van der Waals surface area contributed by atoms with E-state index in [1.807, 2.05) is 6.92 Å². The maximum absolute atomic E-state index is 11.4. The van der Waals surface area contributed by atoms with Crippen molar-refractivity contribution in [3.63, 3.8) is 0 Å². The van der Waals surface area contributed by atoms with Crippen molar-refractivity contribution >= 4 is 6.03 Å². The number of rotatable bonds is 4. The number of amides is 2. The zero-order chi connectivity index (χ0) is 14.6. The van der Waals surface area contributed by atoms with E-state index < -0.39 is 6.03 Å². The standard InChI is InChI=1S/C14H29N3O2/c1-5-12(18)10-6-11(16-9-14(2,3)4)8-17(7-10)13(15)19/h10-12,16,18H,5-9H2,1-4H3,(H2,15,19). The second-order valence-electron chi connectivity index (χ2n) is 6.85.